The van der Waals surface area contributed by atoms with Gasteiger partial charge in [-0.1, -0.05) is 0 Å². The number of rotatable bonds is 0. The van der Waals surface area contributed by atoms with Crippen molar-refractivity contribution in [3.05, 3.63) is 17.3 Å². The van der Waals surface area contributed by atoms with Gasteiger partial charge in [-0.3, -0.25) is 0 Å². The van der Waals surface area contributed by atoms with E-state index in [1.165, 1.54) is 0 Å². The zero-order chi connectivity index (χ0) is 9.42. The Labute approximate surface area is 75.9 Å². The van der Waals surface area contributed by atoms with Crippen LogP contribution in [0, 0.1) is 13.8 Å². The third kappa shape index (κ3) is 1.32. The van der Waals surface area contributed by atoms with Gasteiger partial charge < -0.3 is 10.1 Å². The number of ether oxygens (including phenoxy) is 1. The minimum Gasteiger partial charge on any atom is -0.440 e. The summed E-state index contributed by atoms with van der Waals surface area (Å²) in [6, 6.07) is 0. The topological polar surface area (TPSA) is 34.2 Å². The summed E-state index contributed by atoms with van der Waals surface area (Å²) in [6.45, 7) is 4.12. The second-order valence-corrected chi connectivity index (χ2v) is 3.16. The highest BCUT2D eigenvalue weighted by atomic mass is 19.1. The standard InChI is InChI=1S/C9H11FN2O/c1-5-3-12-9-8(6(5)2)11-4-7(10)13-9/h3,7,11H,4H2,1-2H3. The van der Waals surface area contributed by atoms with Crippen molar-refractivity contribution in [3.8, 4) is 5.88 Å². The zero-order valence-corrected chi connectivity index (χ0v) is 7.60. The first-order valence-electron chi connectivity index (χ1n) is 4.19. The molecule has 1 unspecified atom stereocenters. The van der Waals surface area contributed by atoms with E-state index in [2.05, 4.69) is 10.3 Å². The lowest BCUT2D eigenvalue weighted by molar-refractivity contribution is 0.0687. The maximum atomic E-state index is 12.8. The maximum absolute atomic E-state index is 12.8. The number of fused-ring (bicyclic) bond motifs is 1. The van der Waals surface area contributed by atoms with Crippen LogP contribution in [0.1, 0.15) is 11.1 Å². The molecule has 1 aliphatic heterocycles. The fourth-order valence-electron chi connectivity index (χ4n) is 1.32. The molecule has 0 aliphatic carbocycles. The number of anilines is 1. The Bertz CT molecular complexity index is 341. The van der Waals surface area contributed by atoms with Crippen LogP contribution in [0.15, 0.2) is 6.20 Å². The highest BCUT2D eigenvalue weighted by molar-refractivity contribution is 5.61. The second kappa shape index (κ2) is 2.87. The molecular weight excluding hydrogens is 171 g/mol. The summed E-state index contributed by atoms with van der Waals surface area (Å²) in [7, 11) is 0. The maximum Gasteiger partial charge on any atom is 0.257 e. The third-order valence-corrected chi connectivity index (χ3v) is 2.23. The lowest BCUT2D eigenvalue weighted by Gasteiger charge is -2.23. The second-order valence-electron chi connectivity index (χ2n) is 3.16. The van der Waals surface area contributed by atoms with Crippen molar-refractivity contribution < 1.29 is 9.13 Å². The van der Waals surface area contributed by atoms with E-state index in [-0.39, 0.29) is 6.54 Å². The van der Waals surface area contributed by atoms with E-state index in [4.69, 9.17) is 4.74 Å². The Morgan fingerprint density at radius 2 is 2.38 bits per heavy atom. The van der Waals surface area contributed by atoms with Crippen LogP contribution in [0.5, 0.6) is 5.88 Å². The van der Waals surface area contributed by atoms with E-state index in [0.29, 0.717) is 5.88 Å². The van der Waals surface area contributed by atoms with Crippen molar-refractivity contribution in [2.45, 2.75) is 20.2 Å². The summed E-state index contributed by atoms with van der Waals surface area (Å²) in [5.74, 6) is 0.363. The minimum atomic E-state index is -1.29. The van der Waals surface area contributed by atoms with Gasteiger partial charge in [-0.15, -0.1) is 0 Å². The van der Waals surface area contributed by atoms with Crippen LogP contribution in [0.4, 0.5) is 10.1 Å². The normalized spacial score (nSPS) is 20.1. The van der Waals surface area contributed by atoms with Gasteiger partial charge in [0.1, 0.15) is 5.69 Å². The molecule has 70 valence electrons. The zero-order valence-electron chi connectivity index (χ0n) is 7.60. The number of pyridine rings is 1. The lowest BCUT2D eigenvalue weighted by Crippen LogP contribution is -2.27. The minimum absolute atomic E-state index is 0.193. The van der Waals surface area contributed by atoms with Gasteiger partial charge in [0, 0.05) is 6.20 Å². The molecule has 0 bridgehead atoms. The molecule has 0 saturated heterocycles. The third-order valence-electron chi connectivity index (χ3n) is 2.23. The predicted octanol–water partition coefficient (Wildman–Crippen LogP) is 1.80. The number of hydrogen-bond acceptors (Lipinski definition) is 3. The van der Waals surface area contributed by atoms with Gasteiger partial charge in [-0.05, 0) is 25.0 Å². The van der Waals surface area contributed by atoms with Crippen molar-refractivity contribution in [1.29, 1.82) is 0 Å². The highest BCUT2D eigenvalue weighted by Crippen LogP contribution is 2.31. The van der Waals surface area contributed by atoms with Gasteiger partial charge in [-0.25, -0.2) is 4.98 Å². The summed E-state index contributed by atoms with van der Waals surface area (Å²) in [5.41, 5.74) is 2.96. The van der Waals surface area contributed by atoms with Crippen LogP contribution in [-0.4, -0.2) is 17.9 Å². The van der Waals surface area contributed by atoms with E-state index >= 15 is 0 Å². The molecule has 1 atom stereocenters. The summed E-state index contributed by atoms with van der Waals surface area (Å²) in [4.78, 5) is 4.01. The summed E-state index contributed by atoms with van der Waals surface area (Å²) < 4.78 is 17.7. The van der Waals surface area contributed by atoms with Gasteiger partial charge in [0.15, 0.2) is 0 Å². The summed E-state index contributed by atoms with van der Waals surface area (Å²) >= 11 is 0. The molecule has 1 aromatic rings. The van der Waals surface area contributed by atoms with Crippen LogP contribution >= 0.6 is 0 Å². The lowest BCUT2D eigenvalue weighted by atomic mass is 10.1. The number of halogens is 1. The highest BCUT2D eigenvalue weighted by Gasteiger charge is 2.21. The van der Waals surface area contributed by atoms with Crippen molar-refractivity contribution in [3.63, 3.8) is 0 Å². The summed E-state index contributed by atoms with van der Waals surface area (Å²) in [5, 5.41) is 2.96. The monoisotopic (exact) mass is 182 g/mol. The molecule has 1 N–H and O–H groups in total. The number of alkyl halides is 1. The van der Waals surface area contributed by atoms with Crippen LogP contribution in [-0.2, 0) is 0 Å². The largest absolute Gasteiger partial charge is 0.440 e. The number of aromatic nitrogens is 1. The van der Waals surface area contributed by atoms with Gasteiger partial charge in [-0.2, -0.15) is 4.39 Å². The molecule has 2 heterocycles. The number of nitrogens with zero attached hydrogens (tertiary/aromatic N) is 1. The first kappa shape index (κ1) is 8.29. The van der Waals surface area contributed by atoms with Gasteiger partial charge in [0.25, 0.3) is 6.36 Å². The number of nitrogens with one attached hydrogen (secondary N) is 1. The molecule has 0 saturated carbocycles. The van der Waals surface area contributed by atoms with Crippen molar-refractivity contribution in [1.82, 2.24) is 4.98 Å². The van der Waals surface area contributed by atoms with Crippen molar-refractivity contribution >= 4 is 5.69 Å². The molecule has 2 rings (SSSR count). The Morgan fingerprint density at radius 1 is 1.62 bits per heavy atom. The Morgan fingerprint density at radius 3 is 3.15 bits per heavy atom. The average Bonchev–Trinajstić information content (AvgIpc) is 2.12. The van der Waals surface area contributed by atoms with Crippen molar-refractivity contribution in [2.75, 3.05) is 11.9 Å². The average molecular weight is 182 g/mol. The van der Waals surface area contributed by atoms with Crippen LogP contribution in [0.25, 0.3) is 0 Å². The predicted molar refractivity (Wildman–Crippen MR) is 47.7 cm³/mol. The molecule has 0 radical (unpaired) electrons. The first-order chi connectivity index (χ1) is 6.18. The fourth-order valence-corrected chi connectivity index (χ4v) is 1.32. The number of hydrogen-bond donors (Lipinski definition) is 1. The Hall–Kier alpha value is -1.32. The molecule has 0 aromatic carbocycles. The smallest absolute Gasteiger partial charge is 0.257 e. The quantitative estimate of drug-likeness (QED) is 0.664. The van der Waals surface area contributed by atoms with Crippen LogP contribution < -0.4 is 10.1 Å². The SMILES string of the molecule is Cc1cnc2c(c1C)NCC(F)O2. The molecule has 4 heteroatoms. The fraction of sp³-hybridized carbons (Fsp3) is 0.444. The summed E-state index contributed by atoms with van der Waals surface area (Å²) in [6.07, 6.45) is 0.399. The van der Waals surface area contributed by atoms with E-state index in [9.17, 15) is 4.39 Å². The first-order valence-corrected chi connectivity index (χ1v) is 4.19. The van der Waals surface area contributed by atoms with Gasteiger partial charge in [0.05, 0.1) is 6.54 Å². The Balaban J connectivity index is 2.47. The molecule has 13 heavy (non-hydrogen) atoms. The molecule has 1 aliphatic rings. The molecule has 3 nitrogen and oxygen atoms in total. The number of aryl methyl sites for hydroxylation is 1. The van der Waals surface area contributed by atoms with Crippen LogP contribution in [0.2, 0.25) is 0 Å². The Kier molecular flexibility index (Phi) is 1.83. The molecular formula is C9H11FN2O. The van der Waals surface area contributed by atoms with Crippen LogP contribution in [0.3, 0.4) is 0 Å². The molecule has 0 amide bonds. The van der Waals surface area contributed by atoms with E-state index in [0.717, 1.165) is 16.8 Å². The van der Waals surface area contributed by atoms with E-state index in [1.54, 1.807) is 6.20 Å². The van der Waals surface area contributed by atoms with Gasteiger partial charge >= 0.3 is 0 Å². The molecule has 0 spiro atoms. The molecule has 1 aromatic heterocycles. The van der Waals surface area contributed by atoms with E-state index < -0.39 is 6.36 Å². The van der Waals surface area contributed by atoms with Crippen molar-refractivity contribution in [2.24, 2.45) is 0 Å². The van der Waals surface area contributed by atoms with Gasteiger partial charge in [0.2, 0.25) is 5.88 Å². The molecule has 0 fully saturated rings. The van der Waals surface area contributed by atoms with E-state index in [1.807, 2.05) is 13.8 Å².